The molecular weight excluding hydrogens is 428 g/mol. The van der Waals surface area contributed by atoms with Crippen molar-refractivity contribution in [1.82, 2.24) is 0 Å². The van der Waals surface area contributed by atoms with Crippen molar-refractivity contribution < 1.29 is 41.0 Å². The fraction of sp³-hybridized carbons (Fsp3) is 0.0952. The Bertz CT molecular complexity index is 1190. The molecule has 1 unspecified atom stereocenters. The third-order valence-corrected chi connectivity index (χ3v) is 4.98. The summed E-state index contributed by atoms with van der Waals surface area (Å²) >= 11 is 0. The van der Waals surface area contributed by atoms with Crippen LogP contribution in [0, 0.1) is 17.5 Å². The highest BCUT2D eigenvalue weighted by Gasteiger charge is 2.51. The lowest BCUT2D eigenvalue weighted by Crippen LogP contribution is -2.37. The first-order chi connectivity index (χ1) is 14.5. The summed E-state index contributed by atoms with van der Waals surface area (Å²) in [6.07, 6.45) is -4.95. The van der Waals surface area contributed by atoms with E-state index >= 15 is 0 Å². The number of phenols is 1. The lowest BCUT2D eigenvalue weighted by molar-refractivity contribution is -0.274. The number of ether oxygens (including phenoxy) is 1. The van der Waals surface area contributed by atoms with Crippen molar-refractivity contribution in [2.45, 2.75) is 11.8 Å². The molecule has 1 aliphatic heterocycles. The van der Waals surface area contributed by atoms with Crippen molar-refractivity contribution >= 4 is 11.6 Å². The second-order valence-electron chi connectivity index (χ2n) is 6.73. The minimum absolute atomic E-state index is 0.0365. The van der Waals surface area contributed by atoms with E-state index in [9.17, 15) is 36.2 Å². The number of fused-ring (bicyclic) bond motifs is 1. The molecule has 4 nitrogen and oxygen atoms in total. The number of halogens is 6. The predicted molar refractivity (Wildman–Crippen MR) is 96.1 cm³/mol. The molecule has 1 atom stereocenters. The number of carbonyl (C=O) groups excluding carboxylic acids is 1. The van der Waals surface area contributed by atoms with Crippen LogP contribution in [-0.2, 0) is 10.2 Å². The first kappa shape index (κ1) is 20.6. The molecule has 2 N–H and O–H groups in total. The van der Waals surface area contributed by atoms with Gasteiger partial charge in [-0.25, -0.2) is 13.2 Å². The van der Waals surface area contributed by atoms with Gasteiger partial charge in [0, 0.05) is 5.56 Å². The molecule has 1 amide bonds. The Balaban J connectivity index is 1.98. The summed E-state index contributed by atoms with van der Waals surface area (Å²) in [7, 11) is 0. The highest BCUT2D eigenvalue weighted by atomic mass is 19.4. The van der Waals surface area contributed by atoms with Crippen LogP contribution in [0.15, 0.2) is 54.6 Å². The Morgan fingerprint density at radius 2 is 1.52 bits per heavy atom. The highest BCUT2D eigenvalue weighted by molar-refractivity contribution is 6.11. The molecule has 0 saturated carbocycles. The number of amides is 1. The maximum Gasteiger partial charge on any atom is 0.573 e. The maximum absolute atomic E-state index is 14.4. The van der Waals surface area contributed by atoms with E-state index < -0.39 is 52.3 Å². The number of benzene rings is 3. The van der Waals surface area contributed by atoms with Crippen molar-refractivity contribution in [3.8, 4) is 11.5 Å². The molecule has 3 aromatic carbocycles. The number of anilines is 1. The number of aromatic hydroxyl groups is 1. The fourth-order valence-electron chi connectivity index (χ4n) is 3.70. The van der Waals surface area contributed by atoms with Gasteiger partial charge in [0.25, 0.3) is 0 Å². The smallest absolute Gasteiger partial charge is 0.505 e. The maximum atomic E-state index is 14.4. The molecule has 160 valence electrons. The molecule has 0 spiro atoms. The average Bonchev–Trinajstić information content (AvgIpc) is 3.00. The minimum atomic E-state index is -4.95. The molecule has 0 bridgehead atoms. The SMILES string of the molecule is O=C1Nc2c(ccc(F)c2F)C1(c1ccc(OC(F)(F)F)cc1)c1ccc(O)c(F)c1. The first-order valence-electron chi connectivity index (χ1n) is 8.69. The monoisotopic (exact) mass is 439 g/mol. The molecule has 31 heavy (non-hydrogen) atoms. The minimum Gasteiger partial charge on any atom is -0.505 e. The van der Waals surface area contributed by atoms with E-state index in [-0.39, 0.29) is 16.7 Å². The Kier molecular flexibility index (Phi) is 4.60. The molecule has 4 rings (SSSR count). The number of rotatable bonds is 3. The molecule has 0 aromatic heterocycles. The standard InChI is InChI=1S/C21H11F6NO3/c22-14-7-6-13-18(17(14)24)28-19(30)20(13,11-3-8-16(29)15(23)9-11)10-1-4-12(5-2-10)31-21(25,26)27/h1-9,29H,(H,28,30). The third-order valence-electron chi connectivity index (χ3n) is 4.98. The van der Waals surface area contributed by atoms with Crippen LogP contribution in [-0.4, -0.2) is 17.4 Å². The zero-order chi connectivity index (χ0) is 22.6. The van der Waals surface area contributed by atoms with Gasteiger partial charge in [0.05, 0.1) is 5.69 Å². The average molecular weight is 439 g/mol. The number of alkyl halides is 3. The van der Waals surface area contributed by atoms with Crippen LogP contribution in [0.25, 0.3) is 0 Å². The van der Waals surface area contributed by atoms with Gasteiger partial charge in [-0.05, 0) is 41.5 Å². The van der Waals surface area contributed by atoms with Crippen molar-refractivity contribution in [2.75, 3.05) is 5.32 Å². The first-order valence-corrected chi connectivity index (χ1v) is 8.69. The number of phenolic OH excluding ortho intramolecular Hbond substituents is 1. The van der Waals surface area contributed by atoms with Gasteiger partial charge in [-0.1, -0.05) is 24.3 Å². The van der Waals surface area contributed by atoms with Crippen LogP contribution in [0.4, 0.5) is 32.0 Å². The predicted octanol–water partition coefficient (Wildman–Crippen LogP) is 4.99. The molecule has 1 heterocycles. The van der Waals surface area contributed by atoms with Gasteiger partial charge in [-0.2, -0.15) is 0 Å². The van der Waals surface area contributed by atoms with E-state index in [0.29, 0.717) is 0 Å². The van der Waals surface area contributed by atoms with Gasteiger partial charge in [-0.15, -0.1) is 13.2 Å². The second-order valence-corrected chi connectivity index (χ2v) is 6.73. The largest absolute Gasteiger partial charge is 0.573 e. The summed E-state index contributed by atoms with van der Waals surface area (Å²) < 4.78 is 83.5. The summed E-state index contributed by atoms with van der Waals surface area (Å²) in [6, 6.07) is 9.04. The van der Waals surface area contributed by atoms with Crippen molar-refractivity contribution in [1.29, 1.82) is 0 Å². The second kappa shape index (κ2) is 6.93. The third kappa shape index (κ3) is 3.24. The number of hydrogen-bond donors (Lipinski definition) is 2. The topological polar surface area (TPSA) is 58.6 Å². The van der Waals surface area contributed by atoms with E-state index in [1.165, 1.54) is 6.07 Å². The summed E-state index contributed by atoms with van der Waals surface area (Å²) in [5.41, 5.74) is -2.51. The highest BCUT2D eigenvalue weighted by Crippen LogP contribution is 2.49. The lowest BCUT2D eigenvalue weighted by Gasteiger charge is -2.29. The Morgan fingerprint density at radius 1 is 0.871 bits per heavy atom. The lowest BCUT2D eigenvalue weighted by atomic mass is 9.70. The van der Waals surface area contributed by atoms with E-state index in [1.807, 2.05) is 0 Å². The quantitative estimate of drug-likeness (QED) is 0.565. The van der Waals surface area contributed by atoms with E-state index in [4.69, 9.17) is 0 Å². The van der Waals surface area contributed by atoms with Crippen LogP contribution in [0.1, 0.15) is 16.7 Å². The van der Waals surface area contributed by atoms with Gasteiger partial charge in [0.2, 0.25) is 5.91 Å². The summed E-state index contributed by atoms with van der Waals surface area (Å²) in [5, 5.41) is 11.8. The zero-order valence-corrected chi connectivity index (χ0v) is 15.2. The van der Waals surface area contributed by atoms with Gasteiger partial charge in [0.15, 0.2) is 23.2 Å². The Morgan fingerprint density at radius 3 is 2.13 bits per heavy atom. The normalized spacial score (nSPS) is 17.9. The van der Waals surface area contributed by atoms with Crippen molar-refractivity contribution in [3.63, 3.8) is 0 Å². The molecule has 3 aromatic rings. The van der Waals surface area contributed by atoms with Gasteiger partial charge >= 0.3 is 6.36 Å². The molecule has 0 fully saturated rings. The van der Waals surface area contributed by atoms with E-state index in [1.54, 1.807) is 0 Å². The summed E-state index contributed by atoms with van der Waals surface area (Å²) in [6.45, 7) is 0. The Hall–Kier alpha value is -3.69. The number of hydrogen-bond acceptors (Lipinski definition) is 3. The van der Waals surface area contributed by atoms with Crippen LogP contribution in [0.3, 0.4) is 0 Å². The summed E-state index contributed by atoms with van der Waals surface area (Å²) in [5.74, 6) is -5.84. The van der Waals surface area contributed by atoms with Crippen LogP contribution >= 0.6 is 0 Å². The van der Waals surface area contributed by atoms with Crippen molar-refractivity contribution in [3.05, 3.63) is 88.7 Å². The van der Waals surface area contributed by atoms with Crippen molar-refractivity contribution in [2.24, 2.45) is 0 Å². The van der Waals surface area contributed by atoms with Crippen LogP contribution in [0.5, 0.6) is 11.5 Å². The number of nitrogens with one attached hydrogen (secondary N) is 1. The molecule has 0 radical (unpaired) electrons. The molecule has 0 saturated heterocycles. The fourth-order valence-corrected chi connectivity index (χ4v) is 3.70. The van der Waals surface area contributed by atoms with Crippen LogP contribution < -0.4 is 10.1 Å². The molecule has 1 aliphatic rings. The molecule has 0 aliphatic carbocycles. The molecule has 10 heteroatoms. The van der Waals surface area contributed by atoms with E-state index in [2.05, 4.69) is 10.1 Å². The van der Waals surface area contributed by atoms with Crippen LogP contribution in [0.2, 0.25) is 0 Å². The zero-order valence-electron chi connectivity index (χ0n) is 15.2. The summed E-state index contributed by atoms with van der Waals surface area (Å²) in [4.78, 5) is 13.1. The molecular formula is C21H11F6NO3. The van der Waals surface area contributed by atoms with Gasteiger partial charge < -0.3 is 15.2 Å². The van der Waals surface area contributed by atoms with Gasteiger partial charge in [0.1, 0.15) is 11.2 Å². The Labute approximate surface area is 170 Å². The number of carbonyl (C=O) groups is 1. The van der Waals surface area contributed by atoms with Gasteiger partial charge in [-0.3, -0.25) is 4.79 Å². The van der Waals surface area contributed by atoms with E-state index in [0.717, 1.165) is 48.5 Å².